The van der Waals surface area contributed by atoms with Crippen molar-refractivity contribution < 1.29 is 0 Å². The van der Waals surface area contributed by atoms with Crippen LogP contribution in [0.3, 0.4) is 0 Å². The molecule has 36 heavy (non-hydrogen) atoms. The van der Waals surface area contributed by atoms with Crippen molar-refractivity contribution in [1.82, 2.24) is 39.7 Å². The summed E-state index contributed by atoms with van der Waals surface area (Å²) in [6, 6.07) is 0.644. The summed E-state index contributed by atoms with van der Waals surface area (Å²) in [5.74, 6) is 2.77. The molecule has 2 fully saturated rings. The summed E-state index contributed by atoms with van der Waals surface area (Å²) in [5, 5.41) is 12.9. The molecule has 2 aliphatic rings. The molecule has 186 valence electrons. The minimum Gasteiger partial charge on any atom is -0.346 e. The van der Waals surface area contributed by atoms with Crippen LogP contribution in [0.25, 0.3) is 27.1 Å². The number of aryl methyl sites for hydroxylation is 2. The molecule has 8 nitrogen and oxygen atoms in total. The average Bonchev–Trinajstić information content (AvgIpc) is 3.67. The van der Waals surface area contributed by atoms with Gasteiger partial charge in [-0.2, -0.15) is 10.2 Å². The second-order valence-electron chi connectivity index (χ2n) is 11.0. The van der Waals surface area contributed by atoms with E-state index in [9.17, 15) is 0 Å². The molecule has 0 spiro atoms. The van der Waals surface area contributed by atoms with Crippen molar-refractivity contribution in [3.8, 4) is 11.3 Å². The zero-order chi connectivity index (χ0) is 24.7. The molecule has 1 saturated heterocycles. The number of thiophene rings is 1. The third kappa shape index (κ3) is 3.15. The Morgan fingerprint density at radius 2 is 1.94 bits per heavy atom. The average molecular weight is 501 g/mol. The Morgan fingerprint density at radius 3 is 2.67 bits per heavy atom. The fraction of sp³-hybridized carbons (Fsp3) is 0.481. The van der Waals surface area contributed by atoms with E-state index in [-0.39, 0.29) is 0 Å². The molecule has 1 aliphatic carbocycles. The molecule has 0 amide bonds. The van der Waals surface area contributed by atoms with Crippen molar-refractivity contribution in [3.63, 3.8) is 0 Å². The Balaban J connectivity index is 1.26. The number of aromatic nitrogens is 7. The summed E-state index contributed by atoms with van der Waals surface area (Å²) in [5.41, 5.74) is 8.77. The number of pyridine rings is 1. The normalized spacial score (nSPS) is 22.2. The molecule has 0 unspecified atom stereocenters. The molecule has 3 atom stereocenters. The number of H-pyrrole nitrogens is 2. The van der Waals surface area contributed by atoms with Gasteiger partial charge in [-0.3, -0.25) is 10.00 Å². The fourth-order valence-corrected chi connectivity index (χ4v) is 8.34. The van der Waals surface area contributed by atoms with Crippen molar-refractivity contribution in [2.45, 2.75) is 71.9 Å². The second kappa shape index (κ2) is 7.98. The van der Waals surface area contributed by atoms with Gasteiger partial charge in [0.15, 0.2) is 5.65 Å². The molecule has 0 radical (unpaired) electrons. The number of nitrogens with zero attached hydrogens (tertiary/aromatic N) is 6. The van der Waals surface area contributed by atoms with Crippen LogP contribution in [-0.2, 0) is 6.54 Å². The topological polar surface area (TPSA) is 90.8 Å². The van der Waals surface area contributed by atoms with Crippen LogP contribution in [0.1, 0.15) is 71.5 Å². The number of hydrogen-bond donors (Lipinski definition) is 2. The molecule has 0 aromatic carbocycles. The maximum absolute atomic E-state index is 4.45. The van der Waals surface area contributed by atoms with Crippen LogP contribution in [0.2, 0.25) is 0 Å². The zero-order valence-corrected chi connectivity index (χ0v) is 22.3. The molecule has 5 aromatic heterocycles. The summed E-state index contributed by atoms with van der Waals surface area (Å²) < 4.78 is 1.91. The van der Waals surface area contributed by atoms with Crippen LogP contribution in [0.15, 0.2) is 18.9 Å². The predicted octanol–water partition coefficient (Wildman–Crippen LogP) is 5.48. The fourth-order valence-electron chi connectivity index (χ4n) is 6.91. The molecule has 7 rings (SSSR count). The molecule has 2 N–H and O–H groups in total. The molecule has 1 aliphatic heterocycles. The smallest absolute Gasteiger partial charge is 0.158 e. The van der Waals surface area contributed by atoms with Crippen molar-refractivity contribution in [3.05, 3.63) is 51.8 Å². The largest absolute Gasteiger partial charge is 0.346 e. The molecule has 5 aromatic rings. The highest BCUT2D eigenvalue weighted by molar-refractivity contribution is 7.19. The third-order valence-corrected chi connectivity index (χ3v) is 10.1. The van der Waals surface area contributed by atoms with Gasteiger partial charge in [-0.05, 0) is 73.6 Å². The van der Waals surface area contributed by atoms with E-state index in [1.165, 1.54) is 56.6 Å². The number of nitrogens with one attached hydrogen (secondary N) is 2. The Kier molecular flexibility index (Phi) is 4.92. The Morgan fingerprint density at radius 1 is 1.08 bits per heavy atom. The van der Waals surface area contributed by atoms with Gasteiger partial charge in [-0.1, -0.05) is 13.8 Å². The SMILES string of the molecule is Cc1c(-c2[nH]c3sc([C@@H]4C[C@@H]5C[C@H]4CN5Cc4ncn[nH]4)c(C)c3c2C(C)C)cn2ncnc2c1C. The quantitative estimate of drug-likeness (QED) is 0.333. The predicted molar refractivity (Wildman–Crippen MR) is 143 cm³/mol. The van der Waals surface area contributed by atoms with Crippen LogP contribution >= 0.6 is 11.3 Å². The Hall–Kier alpha value is -3.04. The zero-order valence-electron chi connectivity index (χ0n) is 21.5. The van der Waals surface area contributed by atoms with Gasteiger partial charge in [0, 0.05) is 34.6 Å². The van der Waals surface area contributed by atoms with Crippen LogP contribution < -0.4 is 0 Å². The molecule has 1 saturated carbocycles. The number of likely N-dealkylation sites (tertiary alicyclic amines) is 1. The summed E-state index contributed by atoms with van der Waals surface area (Å²) in [7, 11) is 0. The molecule has 2 bridgehead atoms. The van der Waals surface area contributed by atoms with Crippen molar-refractivity contribution in [2.75, 3.05) is 6.54 Å². The van der Waals surface area contributed by atoms with E-state index in [0.29, 0.717) is 17.9 Å². The first-order valence-electron chi connectivity index (χ1n) is 12.9. The maximum Gasteiger partial charge on any atom is 0.158 e. The van der Waals surface area contributed by atoms with Gasteiger partial charge in [-0.15, -0.1) is 11.3 Å². The van der Waals surface area contributed by atoms with Crippen molar-refractivity contribution in [1.29, 1.82) is 0 Å². The van der Waals surface area contributed by atoms with Gasteiger partial charge in [-0.25, -0.2) is 14.5 Å². The van der Waals surface area contributed by atoms with Crippen LogP contribution in [0.4, 0.5) is 0 Å². The van der Waals surface area contributed by atoms with Crippen LogP contribution in [0.5, 0.6) is 0 Å². The Labute approximate surface area is 214 Å². The lowest BCUT2D eigenvalue weighted by Crippen LogP contribution is -2.34. The lowest BCUT2D eigenvalue weighted by molar-refractivity contribution is 0.188. The first kappa shape index (κ1) is 22.2. The summed E-state index contributed by atoms with van der Waals surface area (Å²) in [6.45, 7) is 13.4. The maximum atomic E-state index is 4.45. The standard InChI is InChI=1S/C27H32N8S/c1-13(2)22-23-16(5)25(19-7-18-6-17(19)8-34(18)10-21-28-11-30-33-21)36-27(23)32-24(22)20-9-35-26(29-12-31-35)15(4)14(20)3/h9,11-13,17-19,32H,6-8,10H2,1-5H3,(H,28,30,33)/t17-,18-,19+/m0/s1. The molecule has 6 heterocycles. The number of hydrogen-bond acceptors (Lipinski definition) is 6. The van der Waals surface area contributed by atoms with Gasteiger partial charge in [0.1, 0.15) is 23.3 Å². The number of piperidine rings is 1. The van der Waals surface area contributed by atoms with Gasteiger partial charge >= 0.3 is 0 Å². The number of rotatable bonds is 5. The van der Waals surface area contributed by atoms with E-state index in [0.717, 1.165) is 30.5 Å². The monoisotopic (exact) mass is 500 g/mol. The van der Waals surface area contributed by atoms with E-state index in [1.54, 1.807) is 17.5 Å². The van der Waals surface area contributed by atoms with E-state index in [4.69, 9.17) is 0 Å². The van der Waals surface area contributed by atoms with E-state index in [2.05, 4.69) is 76.0 Å². The first-order chi connectivity index (χ1) is 17.4. The highest BCUT2D eigenvalue weighted by Crippen LogP contribution is 2.53. The van der Waals surface area contributed by atoms with Gasteiger partial charge in [0.25, 0.3) is 0 Å². The minimum absolute atomic E-state index is 0.415. The summed E-state index contributed by atoms with van der Waals surface area (Å²) in [6.07, 6.45) is 7.93. The lowest BCUT2D eigenvalue weighted by atomic mass is 9.88. The number of fused-ring (bicyclic) bond motifs is 4. The van der Waals surface area contributed by atoms with Crippen LogP contribution in [0, 0.1) is 26.7 Å². The minimum atomic E-state index is 0.415. The first-order valence-corrected chi connectivity index (χ1v) is 13.7. The van der Waals surface area contributed by atoms with Crippen LogP contribution in [-0.4, -0.2) is 52.2 Å². The van der Waals surface area contributed by atoms with Crippen molar-refractivity contribution >= 4 is 27.2 Å². The van der Waals surface area contributed by atoms with Gasteiger partial charge < -0.3 is 4.98 Å². The summed E-state index contributed by atoms with van der Waals surface area (Å²) in [4.78, 5) is 18.2. The second-order valence-corrected chi connectivity index (χ2v) is 12.1. The van der Waals surface area contributed by atoms with E-state index < -0.39 is 0 Å². The molecular weight excluding hydrogens is 468 g/mol. The highest BCUT2D eigenvalue weighted by Gasteiger charge is 2.46. The molecule has 9 heteroatoms. The van der Waals surface area contributed by atoms with Gasteiger partial charge in [0.2, 0.25) is 0 Å². The van der Waals surface area contributed by atoms with Crippen molar-refractivity contribution in [2.24, 2.45) is 5.92 Å². The number of aromatic amines is 2. The van der Waals surface area contributed by atoms with Gasteiger partial charge in [0.05, 0.1) is 12.2 Å². The summed E-state index contributed by atoms with van der Waals surface area (Å²) >= 11 is 1.99. The third-order valence-electron chi connectivity index (χ3n) is 8.74. The van der Waals surface area contributed by atoms with E-state index >= 15 is 0 Å². The highest BCUT2D eigenvalue weighted by atomic mass is 32.1. The van der Waals surface area contributed by atoms with E-state index in [1.807, 2.05) is 15.9 Å². The lowest BCUT2D eigenvalue weighted by Gasteiger charge is -2.30. The molecular formula is C27H32N8S. The Bertz CT molecular complexity index is 1590.